The fourth-order valence-electron chi connectivity index (χ4n) is 4.08. The molecule has 2 heterocycles. The molecule has 1 atom stereocenters. The van der Waals surface area contributed by atoms with Crippen molar-refractivity contribution in [3.63, 3.8) is 0 Å². The topological polar surface area (TPSA) is 36.0 Å². The fraction of sp³-hybridized carbons (Fsp3) is 0.696. The number of ether oxygens (including phenoxy) is 1. The van der Waals surface area contributed by atoms with Gasteiger partial charge in [0.15, 0.2) is 0 Å². The van der Waals surface area contributed by atoms with E-state index < -0.39 is 5.60 Å². The Hall–Kier alpha value is -1.31. The van der Waals surface area contributed by atoms with E-state index >= 15 is 0 Å². The molecule has 0 radical (unpaired) electrons. The van der Waals surface area contributed by atoms with E-state index in [2.05, 4.69) is 21.6 Å². The maximum absolute atomic E-state index is 13.4. The molecule has 0 bridgehead atoms. The van der Waals surface area contributed by atoms with Crippen molar-refractivity contribution in [1.29, 1.82) is 0 Å². The number of thioether (sulfide) groups is 1. The number of hydrogen-bond donors (Lipinski definition) is 0. The number of carbonyl (C=O) groups is 1. The predicted molar refractivity (Wildman–Crippen MR) is 122 cm³/mol. The highest BCUT2D eigenvalue weighted by molar-refractivity contribution is 7.99. The van der Waals surface area contributed by atoms with Crippen LogP contribution in [0.4, 0.5) is 9.18 Å². The summed E-state index contributed by atoms with van der Waals surface area (Å²) in [6.45, 7) is 11.8. The van der Waals surface area contributed by atoms with Gasteiger partial charge in [0.1, 0.15) is 11.4 Å². The molecule has 2 saturated heterocycles. The molecular weight excluding hydrogens is 401 g/mol. The average Bonchev–Trinajstić information content (AvgIpc) is 2.66. The highest BCUT2D eigenvalue weighted by atomic mass is 32.2. The molecule has 168 valence electrons. The van der Waals surface area contributed by atoms with E-state index in [0.29, 0.717) is 12.6 Å². The van der Waals surface area contributed by atoms with Gasteiger partial charge in [0.25, 0.3) is 0 Å². The van der Waals surface area contributed by atoms with E-state index in [9.17, 15) is 9.18 Å². The lowest BCUT2D eigenvalue weighted by atomic mass is 9.94. The lowest BCUT2D eigenvalue weighted by molar-refractivity contribution is 0.0261. The summed E-state index contributed by atoms with van der Waals surface area (Å²) in [7, 11) is 1.78. The van der Waals surface area contributed by atoms with Crippen molar-refractivity contribution in [1.82, 2.24) is 14.7 Å². The van der Waals surface area contributed by atoms with Crippen molar-refractivity contribution < 1.29 is 13.9 Å². The van der Waals surface area contributed by atoms with Crippen LogP contribution in [0.25, 0.3) is 0 Å². The summed E-state index contributed by atoms with van der Waals surface area (Å²) in [6.07, 6.45) is 0.614. The van der Waals surface area contributed by atoms with Crippen molar-refractivity contribution in [3.8, 4) is 0 Å². The number of carbonyl (C=O) groups excluding carboxylic acids is 1. The molecule has 3 rings (SSSR count). The van der Waals surface area contributed by atoms with Crippen molar-refractivity contribution in [2.45, 2.75) is 44.8 Å². The molecule has 1 amide bonds. The molecule has 30 heavy (non-hydrogen) atoms. The van der Waals surface area contributed by atoms with Crippen LogP contribution in [0.5, 0.6) is 0 Å². The quantitative estimate of drug-likeness (QED) is 0.647. The third-order valence-electron chi connectivity index (χ3n) is 5.83. The van der Waals surface area contributed by atoms with E-state index in [1.807, 2.05) is 32.9 Å². The Morgan fingerprint density at radius 1 is 1.23 bits per heavy atom. The zero-order valence-electron chi connectivity index (χ0n) is 18.8. The summed E-state index contributed by atoms with van der Waals surface area (Å²) in [6, 6.07) is 7.38. The summed E-state index contributed by atoms with van der Waals surface area (Å²) in [4.78, 5) is 19.2. The maximum atomic E-state index is 13.4. The number of likely N-dealkylation sites (N-methyl/N-ethyl adjacent to an activating group) is 1. The number of benzene rings is 1. The summed E-state index contributed by atoms with van der Waals surface area (Å²) >= 11 is 2.05. The summed E-state index contributed by atoms with van der Waals surface area (Å²) in [5.41, 5.74) is 0.549. The molecule has 2 aliphatic heterocycles. The second kappa shape index (κ2) is 10.3. The Balaban J connectivity index is 1.54. The van der Waals surface area contributed by atoms with Crippen LogP contribution in [0.15, 0.2) is 24.3 Å². The lowest BCUT2D eigenvalue weighted by Gasteiger charge is -2.47. The molecule has 7 heteroatoms. The Morgan fingerprint density at radius 3 is 2.47 bits per heavy atom. The van der Waals surface area contributed by atoms with E-state index in [1.165, 1.54) is 36.7 Å². The van der Waals surface area contributed by atoms with Gasteiger partial charge in [-0.25, -0.2) is 9.18 Å². The minimum absolute atomic E-state index is 0.147. The first kappa shape index (κ1) is 23.4. The van der Waals surface area contributed by atoms with Gasteiger partial charge < -0.3 is 14.5 Å². The Bertz CT molecular complexity index is 683. The molecule has 2 aliphatic rings. The largest absolute Gasteiger partial charge is 0.444 e. The van der Waals surface area contributed by atoms with Gasteiger partial charge in [0.2, 0.25) is 0 Å². The molecule has 5 nitrogen and oxygen atoms in total. The van der Waals surface area contributed by atoms with Gasteiger partial charge in [-0.2, -0.15) is 11.8 Å². The van der Waals surface area contributed by atoms with Gasteiger partial charge in [-0.05, 0) is 51.4 Å². The highest BCUT2D eigenvalue weighted by Crippen LogP contribution is 2.25. The first-order valence-corrected chi connectivity index (χ1v) is 12.1. The molecular formula is C23H36FN3O2S. The third-order valence-corrected chi connectivity index (χ3v) is 6.78. The van der Waals surface area contributed by atoms with Crippen molar-refractivity contribution >= 4 is 17.9 Å². The molecule has 1 aromatic carbocycles. The standard InChI is InChI=1S/C23H36FN3O2S/c1-23(2,3)29-22(28)25(4)15-19(18-5-7-20(24)8-6-18)9-10-26-16-21(17-26)27-11-13-30-14-12-27/h5-8,19,21H,9-17H2,1-4H3. The monoisotopic (exact) mass is 437 g/mol. The van der Waals surface area contributed by atoms with Crippen molar-refractivity contribution in [2.75, 3.05) is 57.8 Å². The number of halogens is 1. The van der Waals surface area contributed by atoms with E-state index in [0.717, 1.165) is 31.6 Å². The van der Waals surface area contributed by atoms with Crippen LogP contribution in [0.2, 0.25) is 0 Å². The van der Waals surface area contributed by atoms with Crippen LogP contribution >= 0.6 is 11.8 Å². The van der Waals surface area contributed by atoms with Crippen LogP contribution in [0.3, 0.4) is 0 Å². The van der Waals surface area contributed by atoms with Crippen LogP contribution in [-0.2, 0) is 4.74 Å². The van der Waals surface area contributed by atoms with Crippen LogP contribution in [0.1, 0.15) is 38.7 Å². The van der Waals surface area contributed by atoms with Gasteiger partial charge in [-0.15, -0.1) is 0 Å². The number of hydrogen-bond acceptors (Lipinski definition) is 5. The molecule has 0 saturated carbocycles. The van der Waals surface area contributed by atoms with E-state index in [4.69, 9.17) is 4.74 Å². The van der Waals surface area contributed by atoms with Crippen LogP contribution in [-0.4, -0.2) is 90.3 Å². The fourth-order valence-corrected chi connectivity index (χ4v) is 5.01. The zero-order valence-corrected chi connectivity index (χ0v) is 19.6. The van der Waals surface area contributed by atoms with E-state index in [1.54, 1.807) is 11.9 Å². The molecule has 0 N–H and O–H groups in total. The van der Waals surface area contributed by atoms with Crippen molar-refractivity contribution in [2.24, 2.45) is 0 Å². The van der Waals surface area contributed by atoms with Gasteiger partial charge in [-0.1, -0.05) is 12.1 Å². The minimum atomic E-state index is -0.518. The maximum Gasteiger partial charge on any atom is 0.410 e. The first-order valence-electron chi connectivity index (χ1n) is 10.9. The second-order valence-electron chi connectivity index (χ2n) is 9.46. The Labute approximate surface area is 184 Å². The Morgan fingerprint density at radius 2 is 1.87 bits per heavy atom. The van der Waals surface area contributed by atoms with Crippen LogP contribution in [0, 0.1) is 5.82 Å². The number of rotatable bonds is 7. The van der Waals surface area contributed by atoms with Gasteiger partial charge >= 0.3 is 6.09 Å². The molecule has 1 aromatic rings. The summed E-state index contributed by atoms with van der Waals surface area (Å²) in [5, 5.41) is 0. The normalized spacial score (nSPS) is 19.9. The molecule has 0 aromatic heterocycles. The molecule has 1 unspecified atom stereocenters. The highest BCUT2D eigenvalue weighted by Gasteiger charge is 2.32. The van der Waals surface area contributed by atoms with E-state index in [-0.39, 0.29) is 17.8 Å². The van der Waals surface area contributed by atoms with Gasteiger partial charge in [0.05, 0.1) is 0 Å². The average molecular weight is 438 g/mol. The number of amides is 1. The predicted octanol–water partition coefficient (Wildman–Crippen LogP) is 3.90. The Kier molecular flexibility index (Phi) is 8.04. The SMILES string of the molecule is CN(CC(CCN1CC(N2CCSCC2)C1)c1ccc(F)cc1)C(=O)OC(C)(C)C. The lowest BCUT2D eigenvalue weighted by Crippen LogP contribution is -2.61. The molecule has 0 spiro atoms. The summed E-state index contributed by atoms with van der Waals surface area (Å²) < 4.78 is 18.9. The molecule has 2 fully saturated rings. The number of likely N-dealkylation sites (tertiary alicyclic amines) is 1. The number of nitrogens with zero attached hydrogens (tertiary/aromatic N) is 3. The zero-order chi connectivity index (χ0) is 21.7. The third kappa shape index (κ3) is 6.86. The first-order chi connectivity index (χ1) is 14.2. The van der Waals surface area contributed by atoms with Gasteiger partial charge in [-0.3, -0.25) is 4.90 Å². The van der Waals surface area contributed by atoms with Crippen LogP contribution < -0.4 is 0 Å². The van der Waals surface area contributed by atoms with Crippen molar-refractivity contribution in [3.05, 3.63) is 35.6 Å². The second-order valence-corrected chi connectivity index (χ2v) is 10.7. The minimum Gasteiger partial charge on any atom is -0.444 e. The summed E-state index contributed by atoms with van der Waals surface area (Å²) in [5.74, 6) is 2.41. The van der Waals surface area contributed by atoms with Gasteiger partial charge in [0, 0.05) is 63.2 Å². The smallest absolute Gasteiger partial charge is 0.410 e. The molecule has 0 aliphatic carbocycles.